The van der Waals surface area contributed by atoms with Crippen LogP contribution >= 0.6 is 73.1 Å². The Balaban J connectivity index is 2.04. The van der Waals surface area contributed by atoms with Crippen LogP contribution in [-0.4, -0.2) is 0 Å². The fraction of sp³-hybridized carbons (Fsp3) is 0.0909. The zero-order valence-electron chi connectivity index (χ0n) is 8.25. The predicted octanol–water partition coefficient (Wildman–Crippen LogP) is 6.82. The molecule has 6 heteroatoms. The average Bonchev–Trinajstić information content (AvgIpc) is 2.90. The number of alkyl halides is 1. The highest BCUT2D eigenvalue weighted by Gasteiger charge is 2.19. The first-order chi connectivity index (χ1) is 8.15. The van der Waals surface area contributed by atoms with Gasteiger partial charge in [-0.3, -0.25) is 0 Å². The zero-order valence-corrected chi connectivity index (χ0v) is 13.8. The molecule has 0 aliphatic carbocycles. The predicted molar refractivity (Wildman–Crippen MR) is 84.8 cm³/mol. The Morgan fingerprint density at radius 3 is 2.59 bits per heavy atom. The van der Waals surface area contributed by atoms with Gasteiger partial charge in [0.25, 0.3) is 0 Å². The third-order valence-electron chi connectivity index (χ3n) is 2.36. The van der Waals surface area contributed by atoms with Crippen LogP contribution in [0.3, 0.4) is 0 Å². The second kappa shape index (κ2) is 4.83. The molecule has 1 unspecified atom stereocenters. The average molecular weight is 384 g/mol. The molecule has 0 saturated heterocycles. The van der Waals surface area contributed by atoms with Crippen LogP contribution in [0.2, 0.25) is 8.67 Å². The quantitative estimate of drug-likeness (QED) is 0.426. The van der Waals surface area contributed by atoms with E-state index in [0.717, 1.165) is 14.2 Å². The highest BCUT2D eigenvalue weighted by atomic mass is 79.9. The van der Waals surface area contributed by atoms with Crippen molar-refractivity contribution in [1.82, 2.24) is 0 Å². The maximum absolute atomic E-state index is 6.17. The SMILES string of the molecule is Clc1cc(C(Br)c2cc3sccc3s2)c(Cl)s1. The molecule has 0 spiro atoms. The number of thiophene rings is 3. The van der Waals surface area contributed by atoms with Crippen molar-refractivity contribution < 1.29 is 0 Å². The Hall–Kier alpha value is 0.420. The van der Waals surface area contributed by atoms with Gasteiger partial charge in [0.1, 0.15) is 0 Å². The van der Waals surface area contributed by atoms with Crippen molar-refractivity contribution in [3.8, 4) is 0 Å². The van der Waals surface area contributed by atoms with Crippen LogP contribution in [-0.2, 0) is 0 Å². The first-order valence-electron chi connectivity index (χ1n) is 4.71. The van der Waals surface area contributed by atoms with Gasteiger partial charge in [-0.1, -0.05) is 39.1 Å². The second-order valence-corrected chi connectivity index (χ2v) is 8.70. The summed E-state index contributed by atoms with van der Waals surface area (Å²) in [5.74, 6) is 0. The molecule has 3 aromatic heterocycles. The van der Waals surface area contributed by atoms with Crippen molar-refractivity contribution in [1.29, 1.82) is 0 Å². The van der Waals surface area contributed by atoms with Crippen LogP contribution in [0.4, 0.5) is 0 Å². The lowest BCUT2D eigenvalue weighted by Gasteiger charge is -2.05. The maximum Gasteiger partial charge on any atom is 0.0991 e. The zero-order chi connectivity index (χ0) is 12.0. The number of hydrogen-bond acceptors (Lipinski definition) is 3. The smallest absolute Gasteiger partial charge is 0.0991 e. The summed E-state index contributed by atoms with van der Waals surface area (Å²) < 4.78 is 4.14. The molecule has 0 bridgehead atoms. The second-order valence-electron chi connectivity index (χ2n) is 3.44. The van der Waals surface area contributed by atoms with Gasteiger partial charge in [-0.25, -0.2) is 0 Å². The van der Waals surface area contributed by atoms with Crippen LogP contribution in [0.1, 0.15) is 15.3 Å². The van der Waals surface area contributed by atoms with Crippen LogP contribution in [0.15, 0.2) is 23.6 Å². The Morgan fingerprint density at radius 1 is 1.12 bits per heavy atom. The first kappa shape index (κ1) is 12.5. The fourth-order valence-corrected chi connectivity index (χ4v) is 6.29. The third-order valence-corrected chi connectivity index (χ3v) is 7.33. The molecular formula is C11H5BrCl2S3. The summed E-state index contributed by atoms with van der Waals surface area (Å²) in [7, 11) is 0. The van der Waals surface area contributed by atoms with E-state index >= 15 is 0 Å². The molecule has 0 N–H and O–H groups in total. The summed E-state index contributed by atoms with van der Waals surface area (Å²) >= 11 is 20.8. The minimum absolute atomic E-state index is 0.128. The Kier molecular flexibility index (Phi) is 3.54. The molecular weight excluding hydrogens is 379 g/mol. The molecule has 0 amide bonds. The molecule has 0 aromatic carbocycles. The maximum atomic E-state index is 6.17. The van der Waals surface area contributed by atoms with Crippen molar-refractivity contribution in [3.63, 3.8) is 0 Å². The highest BCUT2D eigenvalue weighted by molar-refractivity contribution is 9.09. The van der Waals surface area contributed by atoms with E-state index in [9.17, 15) is 0 Å². The monoisotopic (exact) mass is 382 g/mol. The minimum Gasteiger partial charge on any atom is -0.143 e. The number of rotatable bonds is 2. The number of fused-ring (bicyclic) bond motifs is 1. The third kappa shape index (κ3) is 2.31. The highest BCUT2D eigenvalue weighted by Crippen LogP contribution is 2.45. The lowest BCUT2D eigenvalue weighted by atomic mass is 10.2. The molecule has 0 nitrogen and oxygen atoms in total. The largest absolute Gasteiger partial charge is 0.143 e. The number of hydrogen-bond donors (Lipinski definition) is 0. The van der Waals surface area contributed by atoms with Gasteiger partial charge in [0, 0.05) is 19.8 Å². The van der Waals surface area contributed by atoms with E-state index in [1.54, 1.807) is 22.7 Å². The van der Waals surface area contributed by atoms with Gasteiger partial charge in [-0.2, -0.15) is 0 Å². The summed E-state index contributed by atoms with van der Waals surface area (Å²) in [5, 5.41) is 2.11. The summed E-state index contributed by atoms with van der Waals surface area (Å²) in [6, 6.07) is 6.30. The Bertz CT molecular complexity index is 639. The van der Waals surface area contributed by atoms with E-state index in [0.29, 0.717) is 0 Å². The van der Waals surface area contributed by atoms with Gasteiger partial charge in [0.2, 0.25) is 0 Å². The van der Waals surface area contributed by atoms with Gasteiger partial charge in [0.05, 0.1) is 13.5 Å². The van der Waals surface area contributed by atoms with Gasteiger partial charge in [-0.15, -0.1) is 34.0 Å². The molecule has 3 heterocycles. The van der Waals surface area contributed by atoms with E-state index in [1.165, 1.54) is 25.6 Å². The molecule has 0 aliphatic heterocycles. The van der Waals surface area contributed by atoms with Gasteiger partial charge in [0.15, 0.2) is 0 Å². The van der Waals surface area contributed by atoms with Crippen molar-refractivity contribution in [2.75, 3.05) is 0 Å². The molecule has 0 saturated carbocycles. The molecule has 0 fully saturated rings. The Labute approximate surface area is 129 Å². The topological polar surface area (TPSA) is 0 Å². The molecule has 3 aromatic rings. The molecule has 0 aliphatic rings. The van der Waals surface area contributed by atoms with Crippen molar-refractivity contribution in [3.05, 3.63) is 42.7 Å². The van der Waals surface area contributed by atoms with Gasteiger partial charge >= 0.3 is 0 Å². The molecule has 17 heavy (non-hydrogen) atoms. The lowest BCUT2D eigenvalue weighted by Crippen LogP contribution is -1.86. The van der Waals surface area contributed by atoms with E-state index in [2.05, 4.69) is 33.4 Å². The summed E-state index contributed by atoms with van der Waals surface area (Å²) in [5.41, 5.74) is 1.05. The summed E-state index contributed by atoms with van der Waals surface area (Å²) in [6.07, 6.45) is 0. The molecule has 3 rings (SSSR count). The van der Waals surface area contributed by atoms with E-state index in [4.69, 9.17) is 23.2 Å². The van der Waals surface area contributed by atoms with Crippen LogP contribution in [0.5, 0.6) is 0 Å². The minimum atomic E-state index is 0.128. The standard InChI is InChI=1S/C11H5BrCl2S3/c12-10(5-3-9(13)17-11(5)14)8-4-7-6(16-8)1-2-15-7/h1-4,10H. The van der Waals surface area contributed by atoms with Crippen LogP contribution in [0.25, 0.3) is 9.40 Å². The van der Waals surface area contributed by atoms with Crippen molar-refractivity contribution in [2.45, 2.75) is 4.83 Å². The van der Waals surface area contributed by atoms with Crippen molar-refractivity contribution in [2.24, 2.45) is 0 Å². The number of halogens is 3. The van der Waals surface area contributed by atoms with E-state index in [1.807, 2.05) is 6.07 Å². The van der Waals surface area contributed by atoms with Crippen LogP contribution < -0.4 is 0 Å². The summed E-state index contributed by atoms with van der Waals surface area (Å²) in [4.78, 5) is 1.39. The lowest BCUT2D eigenvalue weighted by molar-refractivity contribution is 1.25. The normalized spacial score (nSPS) is 13.4. The molecule has 1 atom stereocenters. The Morgan fingerprint density at radius 2 is 1.94 bits per heavy atom. The van der Waals surface area contributed by atoms with Crippen LogP contribution in [0, 0.1) is 0 Å². The van der Waals surface area contributed by atoms with Gasteiger partial charge in [-0.05, 0) is 23.6 Å². The van der Waals surface area contributed by atoms with E-state index < -0.39 is 0 Å². The molecule has 0 radical (unpaired) electrons. The van der Waals surface area contributed by atoms with E-state index in [-0.39, 0.29) is 4.83 Å². The summed E-state index contributed by atoms with van der Waals surface area (Å²) in [6.45, 7) is 0. The molecule has 88 valence electrons. The fourth-order valence-electron chi connectivity index (χ4n) is 1.59. The van der Waals surface area contributed by atoms with Gasteiger partial charge < -0.3 is 0 Å². The van der Waals surface area contributed by atoms with Crippen molar-refractivity contribution >= 4 is 82.5 Å². The first-order valence-corrected chi connectivity index (χ1v) is 8.89.